The zero-order valence-corrected chi connectivity index (χ0v) is 20.7. The number of nitrogens with one attached hydrogen (secondary N) is 2. The summed E-state index contributed by atoms with van der Waals surface area (Å²) in [6.07, 6.45) is -5.62. The van der Waals surface area contributed by atoms with Gasteiger partial charge >= 0.3 is 18.1 Å². The Balaban J connectivity index is 2.16. The van der Waals surface area contributed by atoms with Gasteiger partial charge in [0.15, 0.2) is 0 Å². The third kappa shape index (κ3) is 6.62. The number of nitrogens with zero attached hydrogens (tertiary/aromatic N) is 2. The highest BCUT2D eigenvalue weighted by Crippen LogP contribution is 2.37. The second-order valence-electron chi connectivity index (χ2n) is 9.63. The number of carbonyl (C=O) groups is 4. The van der Waals surface area contributed by atoms with E-state index >= 15 is 0 Å². The highest BCUT2D eigenvalue weighted by molar-refractivity contribution is 5.97. The van der Waals surface area contributed by atoms with E-state index in [4.69, 9.17) is 4.74 Å². The molecule has 0 radical (unpaired) electrons. The Hall–Kier alpha value is -2.51. The molecule has 2 fully saturated rings. The van der Waals surface area contributed by atoms with Crippen molar-refractivity contribution in [2.45, 2.75) is 70.8 Å². The van der Waals surface area contributed by atoms with Crippen LogP contribution in [-0.2, 0) is 19.1 Å². The van der Waals surface area contributed by atoms with Crippen LogP contribution in [0.4, 0.5) is 26.7 Å². The molecule has 1 unspecified atom stereocenters. The monoisotopic (exact) mass is 528 g/mol. The summed E-state index contributed by atoms with van der Waals surface area (Å²) in [4.78, 5) is 53.6. The summed E-state index contributed by atoms with van der Waals surface area (Å²) < 4.78 is 70.8. The van der Waals surface area contributed by atoms with Crippen molar-refractivity contribution in [2.24, 2.45) is 11.8 Å². The van der Waals surface area contributed by atoms with Crippen LogP contribution in [0.25, 0.3) is 0 Å². The molecule has 0 aromatic heterocycles. The first-order valence-electron chi connectivity index (χ1n) is 11.8. The highest BCUT2D eigenvalue weighted by atomic mass is 19.4. The molecular weight excluding hydrogens is 495 g/mol. The van der Waals surface area contributed by atoms with Crippen molar-refractivity contribution in [1.82, 2.24) is 20.4 Å². The summed E-state index contributed by atoms with van der Waals surface area (Å²) in [7, 11) is 0. The van der Waals surface area contributed by atoms with Gasteiger partial charge in [-0.1, -0.05) is 27.7 Å². The largest absolute Gasteiger partial charge is 0.461 e. The molecule has 36 heavy (non-hydrogen) atoms. The lowest BCUT2D eigenvalue weighted by Gasteiger charge is -2.34. The van der Waals surface area contributed by atoms with Crippen molar-refractivity contribution in [3.63, 3.8) is 0 Å². The Morgan fingerprint density at radius 1 is 0.861 bits per heavy atom. The molecule has 2 saturated heterocycles. The molecule has 9 nitrogen and oxygen atoms in total. The van der Waals surface area contributed by atoms with Crippen LogP contribution in [0.5, 0.6) is 0 Å². The van der Waals surface area contributed by atoms with E-state index in [9.17, 15) is 41.1 Å². The standard InChI is InChI=1S/C22H33F5N4O5/c1-12(2)15(17(32)21(23,24)22(25,26)27)28-18(33)14-6-5-7-31(14)19(34)16(13(3)4)29-20(35)30-8-10-36-11-9-30/h12-16H,5-11H2,1-4H3,(H,28,33)(H,29,35)/t14-,15?,16-/m0/s1. The summed E-state index contributed by atoms with van der Waals surface area (Å²) in [6, 6.07) is -4.79. The average Bonchev–Trinajstić information content (AvgIpc) is 3.29. The topological polar surface area (TPSA) is 108 Å². The number of hydrogen-bond acceptors (Lipinski definition) is 5. The SMILES string of the molecule is CC(C)C(NC(=O)[C@@H]1CCCN1C(=O)[C@@H](NC(=O)N1CCOCC1)C(C)C)C(=O)C(F)(F)C(F)(F)F. The van der Waals surface area contributed by atoms with Gasteiger partial charge in [0.1, 0.15) is 12.1 Å². The molecule has 0 aliphatic carbocycles. The summed E-state index contributed by atoms with van der Waals surface area (Å²) in [5.74, 6) is -11.1. The van der Waals surface area contributed by atoms with E-state index in [1.54, 1.807) is 13.8 Å². The third-order valence-corrected chi connectivity index (χ3v) is 6.26. The average molecular weight is 529 g/mol. The Kier molecular flexibility index (Phi) is 9.65. The van der Waals surface area contributed by atoms with Crippen LogP contribution < -0.4 is 10.6 Å². The van der Waals surface area contributed by atoms with E-state index < -0.39 is 59.8 Å². The minimum Gasteiger partial charge on any atom is -0.378 e. The van der Waals surface area contributed by atoms with Crippen LogP contribution in [0.3, 0.4) is 0 Å². The number of rotatable bonds is 8. The zero-order chi connectivity index (χ0) is 27.4. The lowest BCUT2D eigenvalue weighted by Crippen LogP contribution is -2.60. The van der Waals surface area contributed by atoms with Crippen molar-refractivity contribution in [1.29, 1.82) is 0 Å². The van der Waals surface area contributed by atoms with Crippen molar-refractivity contribution < 1.29 is 45.9 Å². The zero-order valence-electron chi connectivity index (χ0n) is 20.7. The third-order valence-electron chi connectivity index (χ3n) is 6.26. The Morgan fingerprint density at radius 2 is 1.42 bits per heavy atom. The molecule has 0 aromatic carbocycles. The number of ether oxygens (including phenoxy) is 1. The number of hydrogen-bond donors (Lipinski definition) is 2. The van der Waals surface area contributed by atoms with Crippen LogP contribution in [0.2, 0.25) is 0 Å². The van der Waals surface area contributed by atoms with Gasteiger partial charge in [-0.15, -0.1) is 0 Å². The van der Waals surface area contributed by atoms with Crippen molar-refractivity contribution in [2.75, 3.05) is 32.8 Å². The van der Waals surface area contributed by atoms with E-state index in [0.717, 1.165) is 0 Å². The van der Waals surface area contributed by atoms with Gasteiger partial charge in [0.25, 0.3) is 0 Å². The Morgan fingerprint density at radius 3 is 1.92 bits per heavy atom. The first-order valence-corrected chi connectivity index (χ1v) is 11.8. The lowest BCUT2D eigenvalue weighted by molar-refractivity contribution is -0.270. The molecular formula is C22H33F5N4O5. The maximum Gasteiger partial charge on any atom is 0.461 e. The smallest absolute Gasteiger partial charge is 0.378 e. The molecule has 2 aliphatic rings. The fraction of sp³-hybridized carbons (Fsp3) is 0.818. The first-order chi connectivity index (χ1) is 16.6. The number of likely N-dealkylation sites (tertiary alicyclic amines) is 1. The molecule has 206 valence electrons. The van der Waals surface area contributed by atoms with Crippen LogP contribution in [0.15, 0.2) is 0 Å². The minimum absolute atomic E-state index is 0.118. The number of halogens is 5. The van der Waals surface area contributed by atoms with Crippen molar-refractivity contribution >= 4 is 23.6 Å². The molecule has 0 aromatic rings. The van der Waals surface area contributed by atoms with E-state index in [1.165, 1.54) is 23.6 Å². The molecule has 2 rings (SSSR count). The molecule has 0 bridgehead atoms. The van der Waals surface area contributed by atoms with Crippen LogP contribution in [-0.4, -0.2) is 96.5 Å². The molecule has 4 amide bonds. The second kappa shape index (κ2) is 11.7. The summed E-state index contributed by atoms with van der Waals surface area (Å²) in [5, 5.41) is 4.68. The summed E-state index contributed by atoms with van der Waals surface area (Å²) in [5.41, 5.74) is 0. The number of carbonyl (C=O) groups excluding carboxylic acids is 4. The number of alkyl halides is 5. The number of amides is 4. The fourth-order valence-corrected chi connectivity index (χ4v) is 4.11. The van der Waals surface area contributed by atoms with Crippen molar-refractivity contribution in [3.8, 4) is 0 Å². The summed E-state index contributed by atoms with van der Waals surface area (Å²) >= 11 is 0. The Labute approximate surface area is 206 Å². The predicted molar refractivity (Wildman–Crippen MR) is 117 cm³/mol. The second-order valence-corrected chi connectivity index (χ2v) is 9.63. The van der Waals surface area contributed by atoms with Gasteiger partial charge in [0, 0.05) is 19.6 Å². The van der Waals surface area contributed by atoms with Gasteiger partial charge in [0.2, 0.25) is 17.6 Å². The number of Topliss-reactive ketones (excluding diaryl/α,β-unsaturated/α-hetero) is 1. The van der Waals surface area contributed by atoms with E-state index in [1.807, 2.05) is 5.32 Å². The Bertz CT molecular complexity index is 830. The quantitative estimate of drug-likeness (QED) is 0.469. The van der Waals surface area contributed by atoms with Gasteiger partial charge in [-0.05, 0) is 24.7 Å². The predicted octanol–water partition coefficient (Wildman–Crippen LogP) is 1.95. The fourth-order valence-electron chi connectivity index (χ4n) is 4.11. The van der Waals surface area contributed by atoms with Crippen molar-refractivity contribution in [3.05, 3.63) is 0 Å². The van der Waals surface area contributed by atoms with E-state index in [2.05, 4.69) is 5.32 Å². The molecule has 2 aliphatic heterocycles. The van der Waals surface area contributed by atoms with E-state index in [0.29, 0.717) is 32.7 Å². The maximum atomic E-state index is 13.7. The van der Waals surface area contributed by atoms with Gasteiger partial charge in [-0.25, -0.2) is 4.79 Å². The van der Waals surface area contributed by atoms with E-state index in [-0.39, 0.29) is 18.9 Å². The minimum atomic E-state index is -6.11. The van der Waals surface area contributed by atoms with Crippen LogP contribution >= 0.6 is 0 Å². The van der Waals surface area contributed by atoms with Crippen LogP contribution in [0, 0.1) is 11.8 Å². The van der Waals surface area contributed by atoms with Gasteiger partial charge in [0.05, 0.1) is 19.3 Å². The van der Waals surface area contributed by atoms with Gasteiger partial charge in [-0.3, -0.25) is 14.4 Å². The highest BCUT2D eigenvalue weighted by Gasteiger charge is 2.64. The lowest BCUT2D eigenvalue weighted by atomic mass is 9.95. The number of ketones is 1. The number of morpholine rings is 1. The molecule has 14 heteroatoms. The molecule has 3 atom stereocenters. The van der Waals surface area contributed by atoms with Crippen LogP contribution in [0.1, 0.15) is 40.5 Å². The summed E-state index contributed by atoms with van der Waals surface area (Å²) in [6.45, 7) is 7.34. The first kappa shape index (κ1) is 29.7. The van der Waals surface area contributed by atoms with Gasteiger partial charge < -0.3 is 25.2 Å². The molecule has 2 heterocycles. The normalized spacial score (nSPS) is 20.9. The molecule has 0 saturated carbocycles. The van der Waals surface area contributed by atoms with Gasteiger partial charge in [-0.2, -0.15) is 22.0 Å². The molecule has 2 N–H and O–H groups in total. The number of urea groups is 1. The molecule has 0 spiro atoms. The maximum absolute atomic E-state index is 13.7.